The van der Waals surface area contributed by atoms with Crippen LogP contribution in [-0.4, -0.2) is 0 Å². The average Bonchev–Trinajstić information content (AvgIpc) is 2.38. The van der Waals surface area contributed by atoms with Gasteiger partial charge in [0.05, 0.1) is 9.50 Å². The van der Waals surface area contributed by atoms with Crippen molar-refractivity contribution in [3.8, 4) is 11.5 Å². The van der Waals surface area contributed by atoms with Gasteiger partial charge in [-0.25, -0.2) is 4.39 Å². The summed E-state index contributed by atoms with van der Waals surface area (Å²) in [6.07, 6.45) is 0. The summed E-state index contributed by atoms with van der Waals surface area (Å²) in [6.45, 7) is 2.34. The molecule has 0 atom stereocenters. The molecule has 0 fully saturated rings. The molecule has 0 unspecified atom stereocenters. The Labute approximate surface area is 124 Å². The van der Waals surface area contributed by atoms with Crippen LogP contribution in [0.1, 0.15) is 11.1 Å². The lowest BCUT2D eigenvalue weighted by molar-refractivity contribution is 0.469. The van der Waals surface area contributed by atoms with Crippen LogP contribution in [0.4, 0.5) is 4.39 Å². The van der Waals surface area contributed by atoms with Crippen LogP contribution in [0.3, 0.4) is 0 Å². The standard InChI is InChI=1S/C14H12BrClFNO/c1-8-2-3-9(7-18)4-13(8)19-14-6-12(17)11(16)5-10(14)15/h2-6H,7,18H2,1H3. The summed E-state index contributed by atoms with van der Waals surface area (Å²) in [5.74, 6) is 0.497. The minimum absolute atomic E-state index is 0.0478. The fourth-order valence-corrected chi connectivity index (χ4v) is 2.30. The van der Waals surface area contributed by atoms with E-state index in [1.165, 1.54) is 12.1 Å². The van der Waals surface area contributed by atoms with Crippen LogP contribution >= 0.6 is 27.5 Å². The summed E-state index contributed by atoms with van der Waals surface area (Å²) >= 11 is 8.99. The molecule has 0 spiro atoms. The lowest BCUT2D eigenvalue weighted by atomic mass is 10.1. The number of ether oxygens (including phenoxy) is 1. The molecule has 0 aromatic heterocycles. The van der Waals surface area contributed by atoms with Crippen molar-refractivity contribution in [2.24, 2.45) is 5.73 Å². The van der Waals surface area contributed by atoms with E-state index in [1.54, 1.807) is 0 Å². The molecule has 2 rings (SSSR count). The minimum Gasteiger partial charge on any atom is -0.456 e. The third kappa shape index (κ3) is 3.26. The molecule has 2 N–H and O–H groups in total. The van der Waals surface area contributed by atoms with Crippen molar-refractivity contribution >= 4 is 27.5 Å². The van der Waals surface area contributed by atoms with Gasteiger partial charge in [-0.05, 0) is 46.1 Å². The van der Waals surface area contributed by atoms with Crippen LogP contribution in [0.25, 0.3) is 0 Å². The van der Waals surface area contributed by atoms with Crippen LogP contribution in [0.2, 0.25) is 5.02 Å². The molecule has 0 aliphatic heterocycles. The second-order valence-electron chi connectivity index (χ2n) is 4.10. The molecule has 2 nitrogen and oxygen atoms in total. The number of hydrogen-bond acceptors (Lipinski definition) is 2. The zero-order valence-corrected chi connectivity index (χ0v) is 12.6. The Balaban J connectivity index is 2.38. The van der Waals surface area contributed by atoms with Gasteiger partial charge in [0, 0.05) is 12.6 Å². The Kier molecular flexibility index (Phi) is 4.45. The Morgan fingerprint density at radius 3 is 2.68 bits per heavy atom. The predicted molar refractivity (Wildman–Crippen MR) is 78.3 cm³/mol. The van der Waals surface area contributed by atoms with E-state index in [9.17, 15) is 4.39 Å². The Hall–Kier alpha value is -1.10. The molecule has 0 amide bonds. The number of aryl methyl sites for hydroxylation is 1. The third-order valence-electron chi connectivity index (χ3n) is 2.68. The highest BCUT2D eigenvalue weighted by Gasteiger charge is 2.10. The minimum atomic E-state index is -0.521. The van der Waals surface area contributed by atoms with Gasteiger partial charge in [0.2, 0.25) is 0 Å². The maximum Gasteiger partial charge on any atom is 0.145 e. The monoisotopic (exact) mass is 343 g/mol. The Morgan fingerprint density at radius 1 is 1.26 bits per heavy atom. The van der Waals surface area contributed by atoms with Crippen LogP contribution in [-0.2, 0) is 6.54 Å². The highest BCUT2D eigenvalue weighted by Crippen LogP contribution is 2.35. The van der Waals surface area contributed by atoms with Gasteiger partial charge in [-0.2, -0.15) is 0 Å². The quantitative estimate of drug-likeness (QED) is 0.812. The molecular weight excluding hydrogens is 333 g/mol. The second-order valence-corrected chi connectivity index (χ2v) is 5.36. The maximum absolute atomic E-state index is 13.5. The molecule has 100 valence electrons. The van der Waals surface area contributed by atoms with Gasteiger partial charge in [0.15, 0.2) is 0 Å². The summed E-state index contributed by atoms with van der Waals surface area (Å²) < 4.78 is 19.8. The van der Waals surface area contributed by atoms with Crippen LogP contribution < -0.4 is 10.5 Å². The molecule has 2 aromatic rings. The normalized spacial score (nSPS) is 10.6. The van der Waals surface area contributed by atoms with Crippen molar-refractivity contribution in [3.05, 3.63) is 56.8 Å². The number of hydrogen-bond donors (Lipinski definition) is 1. The highest BCUT2D eigenvalue weighted by atomic mass is 79.9. The van der Waals surface area contributed by atoms with E-state index < -0.39 is 5.82 Å². The molecule has 19 heavy (non-hydrogen) atoms. The smallest absolute Gasteiger partial charge is 0.145 e. The first-order chi connectivity index (χ1) is 9.01. The molecule has 0 saturated heterocycles. The third-order valence-corrected chi connectivity index (χ3v) is 3.59. The first kappa shape index (κ1) is 14.3. The summed E-state index contributed by atoms with van der Waals surface area (Å²) in [7, 11) is 0. The second kappa shape index (κ2) is 5.90. The van der Waals surface area contributed by atoms with Gasteiger partial charge in [0.25, 0.3) is 0 Å². The molecule has 0 heterocycles. The van der Waals surface area contributed by atoms with Gasteiger partial charge >= 0.3 is 0 Å². The zero-order valence-electron chi connectivity index (χ0n) is 10.2. The van der Waals surface area contributed by atoms with Gasteiger partial charge in [-0.1, -0.05) is 23.7 Å². The van der Waals surface area contributed by atoms with E-state index in [1.807, 2.05) is 25.1 Å². The van der Waals surface area contributed by atoms with E-state index in [0.29, 0.717) is 22.5 Å². The SMILES string of the molecule is Cc1ccc(CN)cc1Oc1cc(F)c(Cl)cc1Br. The summed E-state index contributed by atoms with van der Waals surface area (Å²) in [4.78, 5) is 0. The number of benzene rings is 2. The van der Waals surface area contributed by atoms with Crippen molar-refractivity contribution in [1.82, 2.24) is 0 Å². The van der Waals surface area contributed by atoms with Gasteiger partial charge in [-0.15, -0.1) is 0 Å². The summed E-state index contributed by atoms with van der Waals surface area (Å²) in [5.41, 5.74) is 7.49. The van der Waals surface area contributed by atoms with Crippen molar-refractivity contribution in [2.45, 2.75) is 13.5 Å². The lowest BCUT2D eigenvalue weighted by Crippen LogP contribution is -1.98. The van der Waals surface area contributed by atoms with Gasteiger partial charge in [-0.3, -0.25) is 0 Å². The molecular formula is C14H12BrClFNO. The average molecular weight is 345 g/mol. The van der Waals surface area contributed by atoms with Crippen molar-refractivity contribution in [2.75, 3.05) is 0 Å². The molecule has 0 saturated carbocycles. The number of nitrogens with two attached hydrogens (primary N) is 1. The predicted octanol–water partition coefficient (Wildman–Crippen LogP) is 4.80. The number of rotatable bonds is 3. The van der Waals surface area contributed by atoms with Gasteiger partial charge < -0.3 is 10.5 Å². The van der Waals surface area contributed by atoms with E-state index in [2.05, 4.69) is 15.9 Å². The van der Waals surface area contributed by atoms with E-state index in [4.69, 9.17) is 22.1 Å². The lowest BCUT2D eigenvalue weighted by Gasteiger charge is -2.12. The first-order valence-electron chi connectivity index (χ1n) is 5.63. The fraction of sp³-hybridized carbons (Fsp3) is 0.143. The molecule has 0 aliphatic carbocycles. The fourth-order valence-electron chi connectivity index (χ4n) is 1.58. The van der Waals surface area contributed by atoms with Gasteiger partial charge in [0.1, 0.15) is 17.3 Å². The van der Waals surface area contributed by atoms with E-state index >= 15 is 0 Å². The van der Waals surface area contributed by atoms with Crippen molar-refractivity contribution in [1.29, 1.82) is 0 Å². The number of halogens is 3. The molecule has 5 heteroatoms. The first-order valence-corrected chi connectivity index (χ1v) is 6.80. The Morgan fingerprint density at radius 2 is 2.00 bits per heavy atom. The largest absolute Gasteiger partial charge is 0.456 e. The maximum atomic E-state index is 13.5. The van der Waals surface area contributed by atoms with Crippen molar-refractivity contribution in [3.63, 3.8) is 0 Å². The van der Waals surface area contributed by atoms with E-state index in [-0.39, 0.29) is 5.02 Å². The van der Waals surface area contributed by atoms with Crippen LogP contribution in [0, 0.1) is 12.7 Å². The molecule has 0 radical (unpaired) electrons. The molecule has 2 aromatic carbocycles. The molecule has 0 aliphatic rings. The van der Waals surface area contributed by atoms with Crippen molar-refractivity contribution < 1.29 is 9.13 Å². The van der Waals surface area contributed by atoms with Crippen LogP contribution in [0.15, 0.2) is 34.8 Å². The zero-order chi connectivity index (χ0) is 14.0. The summed E-state index contributed by atoms with van der Waals surface area (Å²) in [5, 5.41) is 0.0478. The van der Waals surface area contributed by atoms with Crippen LogP contribution in [0.5, 0.6) is 11.5 Å². The van der Waals surface area contributed by atoms with E-state index in [0.717, 1.165) is 11.1 Å². The molecule has 0 bridgehead atoms. The summed E-state index contributed by atoms with van der Waals surface area (Å²) in [6, 6.07) is 8.40. The highest BCUT2D eigenvalue weighted by molar-refractivity contribution is 9.10. The Bertz CT molecular complexity index is 619. The topological polar surface area (TPSA) is 35.2 Å².